The summed E-state index contributed by atoms with van der Waals surface area (Å²) in [6.07, 6.45) is -1.96. The molecule has 0 aromatic heterocycles. The van der Waals surface area contributed by atoms with Crippen LogP contribution in [0.4, 0.5) is 0 Å². The first-order valence-corrected chi connectivity index (χ1v) is 6.90. The molecule has 110 valence electrons. The lowest BCUT2D eigenvalue weighted by Gasteiger charge is -2.32. The smallest absolute Gasteiger partial charge is 0.224 e. The van der Waals surface area contributed by atoms with Crippen LogP contribution in [0, 0.1) is 0 Å². The number of aliphatic hydroxyl groups is 2. The molecule has 0 aliphatic carbocycles. The van der Waals surface area contributed by atoms with Crippen LogP contribution in [0.15, 0.2) is 18.2 Å². The first-order chi connectivity index (χ1) is 9.47. The second kappa shape index (κ2) is 6.74. The van der Waals surface area contributed by atoms with Gasteiger partial charge in [0.1, 0.15) is 12.2 Å². The largest absolute Gasteiger partial charge is 0.388 e. The molecule has 1 fully saturated rings. The molecule has 0 bridgehead atoms. The molecule has 1 saturated heterocycles. The molecule has 2 rings (SSSR count). The Morgan fingerprint density at radius 3 is 2.80 bits per heavy atom. The standard InChI is InChI=1S/C13H15Cl2NO4/c14-8-2-1-7(9(15)4-8)3-12(18)16-10-5-20-6-11(17)13(10)19/h1-2,4,10-11,13,17,19H,3,5-6H2,(H,16,18)/t10-,11-,13+/m1/s1. The van der Waals surface area contributed by atoms with Gasteiger partial charge in [0.15, 0.2) is 0 Å². The Labute approximate surface area is 126 Å². The Bertz CT molecular complexity index is 497. The molecule has 0 saturated carbocycles. The third-order valence-corrected chi connectivity index (χ3v) is 3.69. The van der Waals surface area contributed by atoms with E-state index in [9.17, 15) is 15.0 Å². The first-order valence-electron chi connectivity index (χ1n) is 6.14. The highest BCUT2D eigenvalue weighted by molar-refractivity contribution is 6.35. The van der Waals surface area contributed by atoms with Crippen molar-refractivity contribution in [3.8, 4) is 0 Å². The molecule has 3 N–H and O–H groups in total. The van der Waals surface area contributed by atoms with E-state index in [0.29, 0.717) is 15.6 Å². The van der Waals surface area contributed by atoms with Gasteiger partial charge in [0.25, 0.3) is 0 Å². The van der Waals surface area contributed by atoms with E-state index in [-0.39, 0.29) is 25.5 Å². The SMILES string of the molecule is O=C(Cc1ccc(Cl)cc1Cl)N[C@@H]1COC[C@@H](O)[C@H]1O. The maximum Gasteiger partial charge on any atom is 0.224 e. The fourth-order valence-electron chi connectivity index (χ4n) is 2.00. The molecule has 0 radical (unpaired) electrons. The highest BCUT2D eigenvalue weighted by atomic mass is 35.5. The van der Waals surface area contributed by atoms with Crippen LogP contribution >= 0.6 is 23.2 Å². The van der Waals surface area contributed by atoms with Crippen molar-refractivity contribution >= 4 is 29.1 Å². The van der Waals surface area contributed by atoms with E-state index in [0.717, 1.165) is 0 Å². The summed E-state index contributed by atoms with van der Waals surface area (Å²) in [5.74, 6) is -0.309. The number of rotatable bonds is 3. The molecule has 1 aromatic carbocycles. The predicted octanol–water partition coefficient (Wildman–Crippen LogP) is 0.773. The van der Waals surface area contributed by atoms with Crippen LogP contribution < -0.4 is 5.32 Å². The zero-order valence-electron chi connectivity index (χ0n) is 10.6. The number of halogens is 2. The van der Waals surface area contributed by atoms with Crippen molar-refractivity contribution < 1.29 is 19.7 Å². The summed E-state index contributed by atoms with van der Waals surface area (Å²) in [6.45, 7) is 0.231. The molecule has 20 heavy (non-hydrogen) atoms. The molecule has 0 spiro atoms. The van der Waals surface area contributed by atoms with Gasteiger partial charge in [-0.3, -0.25) is 4.79 Å². The van der Waals surface area contributed by atoms with Crippen molar-refractivity contribution in [1.82, 2.24) is 5.32 Å². The molecule has 5 nitrogen and oxygen atoms in total. The Kier molecular flexibility index (Phi) is 5.23. The van der Waals surface area contributed by atoms with Crippen LogP contribution in [-0.4, -0.2) is 47.6 Å². The Balaban J connectivity index is 1.95. The number of hydrogen-bond acceptors (Lipinski definition) is 4. The minimum atomic E-state index is -1.03. The summed E-state index contributed by atoms with van der Waals surface area (Å²) in [4.78, 5) is 11.9. The highest BCUT2D eigenvalue weighted by Crippen LogP contribution is 2.21. The van der Waals surface area contributed by atoms with E-state index in [1.54, 1.807) is 18.2 Å². The van der Waals surface area contributed by atoms with E-state index in [1.807, 2.05) is 0 Å². The van der Waals surface area contributed by atoms with Crippen molar-refractivity contribution in [2.24, 2.45) is 0 Å². The third-order valence-electron chi connectivity index (χ3n) is 3.11. The van der Waals surface area contributed by atoms with Gasteiger partial charge >= 0.3 is 0 Å². The fourth-order valence-corrected chi connectivity index (χ4v) is 2.48. The molecule has 1 aliphatic rings. The van der Waals surface area contributed by atoms with Gasteiger partial charge < -0.3 is 20.3 Å². The van der Waals surface area contributed by atoms with Crippen LogP contribution in [0.5, 0.6) is 0 Å². The second-order valence-corrected chi connectivity index (χ2v) is 5.53. The molecule has 7 heteroatoms. The summed E-state index contributed by atoms with van der Waals surface area (Å²) < 4.78 is 5.09. The van der Waals surface area contributed by atoms with E-state index < -0.39 is 18.2 Å². The van der Waals surface area contributed by atoms with E-state index in [1.165, 1.54) is 0 Å². The number of nitrogens with one attached hydrogen (secondary N) is 1. The van der Waals surface area contributed by atoms with Crippen LogP contribution in [0.25, 0.3) is 0 Å². The van der Waals surface area contributed by atoms with E-state index in [2.05, 4.69) is 5.32 Å². The van der Waals surface area contributed by atoms with Crippen LogP contribution in [-0.2, 0) is 16.0 Å². The molecule has 1 aromatic rings. The molecule has 1 heterocycles. The molecule has 1 amide bonds. The van der Waals surface area contributed by atoms with Crippen molar-refractivity contribution in [3.63, 3.8) is 0 Å². The molecular weight excluding hydrogens is 305 g/mol. The average Bonchev–Trinajstić information content (AvgIpc) is 2.38. The molecule has 3 atom stereocenters. The van der Waals surface area contributed by atoms with Gasteiger partial charge in [-0.15, -0.1) is 0 Å². The zero-order chi connectivity index (χ0) is 14.7. The lowest BCUT2D eigenvalue weighted by molar-refractivity contribution is -0.131. The molecule has 1 aliphatic heterocycles. The van der Waals surface area contributed by atoms with Crippen molar-refractivity contribution in [2.45, 2.75) is 24.7 Å². The van der Waals surface area contributed by atoms with Crippen molar-refractivity contribution in [2.75, 3.05) is 13.2 Å². The summed E-state index contributed by atoms with van der Waals surface area (Å²) in [5.41, 5.74) is 0.639. The van der Waals surface area contributed by atoms with Gasteiger partial charge in [-0.1, -0.05) is 29.3 Å². The molecule has 0 unspecified atom stereocenters. The normalized spacial score (nSPS) is 26.3. The maximum atomic E-state index is 11.9. The number of ether oxygens (including phenoxy) is 1. The van der Waals surface area contributed by atoms with Gasteiger partial charge in [-0.2, -0.15) is 0 Å². The van der Waals surface area contributed by atoms with Gasteiger partial charge in [0.2, 0.25) is 5.91 Å². The molecular formula is C13H15Cl2NO4. The van der Waals surface area contributed by atoms with Crippen LogP contribution in [0.3, 0.4) is 0 Å². The maximum absolute atomic E-state index is 11.9. The monoisotopic (exact) mass is 319 g/mol. The van der Waals surface area contributed by atoms with Crippen molar-refractivity contribution in [1.29, 1.82) is 0 Å². The number of hydrogen-bond donors (Lipinski definition) is 3. The Hall–Kier alpha value is -0.850. The number of carbonyl (C=O) groups excluding carboxylic acids is 1. The zero-order valence-corrected chi connectivity index (χ0v) is 12.1. The number of amides is 1. The Morgan fingerprint density at radius 2 is 2.10 bits per heavy atom. The number of carbonyl (C=O) groups is 1. The Morgan fingerprint density at radius 1 is 1.35 bits per heavy atom. The van der Waals surface area contributed by atoms with Crippen molar-refractivity contribution in [3.05, 3.63) is 33.8 Å². The average molecular weight is 320 g/mol. The summed E-state index contributed by atoms with van der Waals surface area (Å²) in [7, 11) is 0. The lowest BCUT2D eigenvalue weighted by atomic mass is 10.0. The second-order valence-electron chi connectivity index (χ2n) is 4.68. The first kappa shape index (κ1) is 15.5. The number of benzene rings is 1. The van der Waals surface area contributed by atoms with Gasteiger partial charge in [0.05, 0.1) is 25.7 Å². The fraction of sp³-hybridized carbons (Fsp3) is 0.462. The van der Waals surface area contributed by atoms with Gasteiger partial charge in [0, 0.05) is 10.0 Å². The van der Waals surface area contributed by atoms with Gasteiger partial charge in [-0.05, 0) is 17.7 Å². The van der Waals surface area contributed by atoms with E-state index in [4.69, 9.17) is 27.9 Å². The number of aliphatic hydroxyl groups excluding tert-OH is 2. The van der Waals surface area contributed by atoms with E-state index >= 15 is 0 Å². The highest BCUT2D eigenvalue weighted by Gasteiger charge is 2.32. The topological polar surface area (TPSA) is 78.8 Å². The third kappa shape index (κ3) is 3.84. The minimum absolute atomic E-state index is 0.0648. The lowest BCUT2D eigenvalue weighted by Crippen LogP contribution is -2.56. The summed E-state index contributed by atoms with van der Waals surface area (Å²) in [5, 5.41) is 22.8. The van der Waals surface area contributed by atoms with Gasteiger partial charge in [-0.25, -0.2) is 0 Å². The summed E-state index contributed by atoms with van der Waals surface area (Å²) in [6, 6.07) is 4.26. The summed E-state index contributed by atoms with van der Waals surface area (Å²) >= 11 is 11.8. The van der Waals surface area contributed by atoms with Crippen LogP contribution in [0.1, 0.15) is 5.56 Å². The van der Waals surface area contributed by atoms with Crippen LogP contribution in [0.2, 0.25) is 10.0 Å². The quantitative estimate of drug-likeness (QED) is 0.769. The minimum Gasteiger partial charge on any atom is -0.388 e. The predicted molar refractivity (Wildman–Crippen MR) is 74.9 cm³/mol.